The van der Waals surface area contributed by atoms with Crippen LogP contribution in [-0.2, 0) is 15.0 Å². The summed E-state index contributed by atoms with van der Waals surface area (Å²) in [6.45, 7) is 11.7. The zero-order chi connectivity index (χ0) is 27.0. The fourth-order valence-electron chi connectivity index (χ4n) is 4.34. The van der Waals surface area contributed by atoms with Crippen LogP contribution in [0, 0.1) is 5.92 Å². The maximum atomic E-state index is 13.3. The number of aromatic nitrogens is 2. The van der Waals surface area contributed by atoms with Gasteiger partial charge in [-0.2, -0.15) is 4.90 Å². The molecule has 1 aromatic carbocycles. The Morgan fingerprint density at radius 1 is 1.11 bits per heavy atom. The molecular weight excluding hydrogens is 558 g/mol. The molecule has 2 atom stereocenters. The molecule has 1 fully saturated rings. The Kier molecular flexibility index (Phi) is 7.58. The zero-order valence-corrected chi connectivity index (χ0v) is 24.3. The van der Waals surface area contributed by atoms with Crippen molar-refractivity contribution >= 4 is 50.9 Å². The van der Waals surface area contributed by atoms with Gasteiger partial charge in [0, 0.05) is 41.6 Å². The van der Waals surface area contributed by atoms with E-state index in [1.165, 1.54) is 11.8 Å². The van der Waals surface area contributed by atoms with Gasteiger partial charge in [0.05, 0.1) is 6.20 Å². The Bertz CT molecular complexity index is 1170. The zero-order valence-electron chi connectivity index (χ0n) is 21.9. The summed E-state index contributed by atoms with van der Waals surface area (Å²) in [6.07, 6.45) is 3.40. The number of aliphatic imine (C=N–C) groups is 1. The Labute approximate surface area is 230 Å². The van der Waals surface area contributed by atoms with Crippen LogP contribution in [0.4, 0.5) is 15.4 Å². The summed E-state index contributed by atoms with van der Waals surface area (Å²) in [5, 5.41) is 0.251. The molecule has 0 saturated carbocycles. The van der Waals surface area contributed by atoms with Gasteiger partial charge in [-0.25, -0.2) is 19.6 Å². The van der Waals surface area contributed by atoms with E-state index in [4.69, 9.17) is 14.5 Å². The molecule has 37 heavy (non-hydrogen) atoms. The average Bonchev–Trinajstić information content (AvgIpc) is 3.18. The number of anilines is 1. The van der Waals surface area contributed by atoms with Crippen molar-refractivity contribution in [2.24, 2.45) is 10.9 Å². The second kappa shape index (κ2) is 10.2. The number of thioether (sulfide) groups is 1. The lowest BCUT2D eigenvalue weighted by atomic mass is 9.82. The molecule has 2 aliphatic rings. The summed E-state index contributed by atoms with van der Waals surface area (Å²) in [5.74, 6) is 1.48. The first-order valence-electron chi connectivity index (χ1n) is 12.0. The molecule has 2 aromatic rings. The predicted molar refractivity (Wildman–Crippen MR) is 148 cm³/mol. The molecule has 9 nitrogen and oxygen atoms in total. The monoisotopic (exact) mass is 589 g/mol. The van der Waals surface area contributed by atoms with Crippen molar-refractivity contribution in [3.63, 3.8) is 0 Å². The van der Waals surface area contributed by atoms with Crippen LogP contribution in [-0.4, -0.2) is 62.3 Å². The van der Waals surface area contributed by atoms with Crippen molar-refractivity contribution in [2.75, 3.05) is 23.7 Å². The molecular formula is C26H32BrN5O4S. The minimum atomic E-state index is -0.820. The van der Waals surface area contributed by atoms with E-state index >= 15 is 0 Å². The molecule has 0 bridgehead atoms. The fraction of sp³-hybridized carbons (Fsp3) is 0.500. The summed E-state index contributed by atoms with van der Waals surface area (Å²) in [5.41, 5.74) is -1.37. The van der Waals surface area contributed by atoms with Crippen molar-refractivity contribution in [3.8, 4) is 0 Å². The highest BCUT2D eigenvalue weighted by molar-refractivity contribution is 9.10. The molecule has 4 rings (SSSR count). The van der Waals surface area contributed by atoms with Gasteiger partial charge in [-0.1, -0.05) is 39.8 Å². The summed E-state index contributed by atoms with van der Waals surface area (Å²) in [4.78, 5) is 43.6. The number of benzene rings is 1. The molecule has 0 spiro atoms. The number of ether oxygens (including phenoxy) is 2. The van der Waals surface area contributed by atoms with E-state index in [1.807, 2.05) is 24.3 Å². The number of imide groups is 1. The molecule has 11 heteroatoms. The molecule has 0 aliphatic carbocycles. The first-order valence-corrected chi connectivity index (χ1v) is 13.8. The highest BCUT2D eigenvalue weighted by atomic mass is 79.9. The van der Waals surface area contributed by atoms with Crippen LogP contribution in [0.15, 0.2) is 52.3 Å². The van der Waals surface area contributed by atoms with Gasteiger partial charge in [0.2, 0.25) is 0 Å². The van der Waals surface area contributed by atoms with E-state index in [9.17, 15) is 9.59 Å². The maximum Gasteiger partial charge on any atom is 0.426 e. The van der Waals surface area contributed by atoms with Crippen LogP contribution in [0.2, 0.25) is 0 Å². The number of nitrogens with zero attached hydrogens (tertiary/aromatic N) is 5. The number of fused-ring (bicyclic) bond motifs is 1. The van der Waals surface area contributed by atoms with Gasteiger partial charge in [0.25, 0.3) is 0 Å². The highest BCUT2D eigenvalue weighted by Crippen LogP contribution is 2.47. The van der Waals surface area contributed by atoms with Gasteiger partial charge < -0.3 is 14.4 Å². The van der Waals surface area contributed by atoms with Crippen molar-refractivity contribution < 1.29 is 19.1 Å². The number of hydrogen-bond donors (Lipinski definition) is 0. The van der Waals surface area contributed by atoms with Crippen LogP contribution in [0.5, 0.6) is 0 Å². The van der Waals surface area contributed by atoms with Crippen LogP contribution in [0.25, 0.3) is 0 Å². The van der Waals surface area contributed by atoms with Gasteiger partial charge in [-0.3, -0.25) is 4.98 Å². The lowest BCUT2D eigenvalue weighted by molar-refractivity contribution is 0.0151. The summed E-state index contributed by atoms with van der Waals surface area (Å²) >= 11 is 4.94. The first-order chi connectivity index (χ1) is 17.3. The second-order valence-corrected chi connectivity index (χ2v) is 13.0. The van der Waals surface area contributed by atoms with E-state index in [0.29, 0.717) is 18.8 Å². The minimum Gasteiger partial charge on any atom is -0.443 e. The van der Waals surface area contributed by atoms with E-state index < -0.39 is 28.9 Å². The molecule has 1 aromatic heterocycles. The Morgan fingerprint density at radius 2 is 1.78 bits per heavy atom. The normalized spacial score (nSPS) is 21.6. The number of hydrogen-bond acceptors (Lipinski definition) is 9. The summed E-state index contributed by atoms with van der Waals surface area (Å²) in [6, 6.07) is 7.99. The van der Waals surface area contributed by atoms with Crippen LogP contribution in [0.1, 0.15) is 47.1 Å². The molecule has 1 saturated heterocycles. The number of rotatable bonds is 2. The molecule has 3 heterocycles. The van der Waals surface area contributed by atoms with Gasteiger partial charge in [0.1, 0.15) is 22.6 Å². The Morgan fingerprint density at radius 3 is 2.35 bits per heavy atom. The number of halogens is 1. The molecule has 2 amide bonds. The predicted octanol–water partition coefficient (Wildman–Crippen LogP) is 5.85. The van der Waals surface area contributed by atoms with E-state index in [0.717, 1.165) is 20.8 Å². The third kappa shape index (κ3) is 6.26. The summed E-state index contributed by atoms with van der Waals surface area (Å²) < 4.78 is 12.1. The number of amides is 2. The van der Waals surface area contributed by atoms with Gasteiger partial charge in [-0.15, -0.1) is 0 Å². The van der Waals surface area contributed by atoms with Gasteiger partial charge in [-0.05, 0) is 59.2 Å². The lowest BCUT2D eigenvalue weighted by Crippen LogP contribution is -2.49. The number of carbonyl (C=O) groups excluding carboxylic acids is 2. The largest absolute Gasteiger partial charge is 0.443 e. The molecule has 0 N–H and O–H groups in total. The van der Waals surface area contributed by atoms with Gasteiger partial charge >= 0.3 is 12.2 Å². The topological polar surface area (TPSA) is 97.2 Å². The van der Waals surface area contributed by atoms with Crippen LogP contribution in [0.3, 0.4) is 0 Å². The van der Waals surface area contributed by atoms with E-state index in [1.54, 1.807) is 60.1 Å². The first kappa shape index (κ1) is 27.4. The molecule has 1 unspecified atom stereocenters. The summed E-state index contributed by atoms with van der Waals surface area (Å²) in [7, 11) is 0. The van der Waals surface area contributed by atoms with E-state index in [2.05, 4.69) is 30.8 Å². The quantitative estimate of drug-likeness (QED) is 0.430. The van der Waals surface area contributed by atoms with Crippen molar-refractivity contribution in [1.29, 1.82) is 0 Å². The van der Waals surface area contributed by atoms with Crippen molar-refractivity contribution in [2.45, 2.75) is 58.3 Å². The lowest BCUT2D eigenvalue weighted by Gasteiger charge is -2.38. The van der Waals surface area contributed by atoms with Crippen molar-refractivity contribution in [3.05, 3.63) is 52.9 Å². The third-order valence-electron chi connectivity index (χ3n) is 5.80. The molecule has 2 aliphatic heterocycles. The molecule has 198 valence electrons. The average molecular weight is 591 g/mol. The smallest absolute Gasteiger partial charge is 0.426 e. The minimum absolute atomic E-state index is 0.0941. The van der Waals surface area contributed by atoms with Crippen LogP contribution < -0.4 is 4.90 Å². The molecule has 0 radical (unpaired) electrons. The second-order valence-electron chi connectivity index (χ2n) is 11.1. The van der Waals surface area contributed by atoms with E-state index in [-0.39, 0.29) is 11.1 Å². The number of amidine groups is 1. The number of carbonyl (C=O) groups is 2. The Balaban J connectivity index is 1.81. The standard InChI is InChI=1S/C26H32BrN5O4S/c1-24(2,3)35-22(33)32(23(34)36-25(4,5)6)21-30-26(17-8-7-9-19(27)12-17)16-31(14-18(26)15-37-21)20-13-28-10-11-29-20/h7-13,18H,14-16H2,1-6H3/t18?,26-/m1/s1. The maximum absolute atomic E-state index is 13.3. The fourth-order valence-corrected chi connectivity index (χ4v) is 5.97. The van der Waals surface area contributed by atoms with Gasteiger partial charge in [0.15, 0.2) is 5.17 Å². The Hall–Kier alpha value is -2.66. The highest BCUT2D eigenvalue weighted by Gasteiger charge is 2.52. The van der Waals surface area contributed by atoms with Crippen molar-refractivity contribution in [1.82, 2.24) is 14.9 Å². The van der Waals surface area contributed by atoms with Crippen LogP contribution >= 0.6 is 27.7 Å². The third-order valence-corrected chi connectivity index (χ3v) is 7.39. The SMILES string of the molecule is CC(C)(C)OC(=O)N(C(=O)OC(C)(C)C)C1=N[C@@]2(c3cccc(Br)c3)CN(c3cnccn3)CC2CS1.